The molecule has 1 aromatic heterocycles. The number of rotatable bonds is 7. The van der Waals surface area contributed by atoms with Crippen LogP contribution in [-0.2, 0) is 0 Å². The van der Waals surface area contributed by atoms with Crippen molar-refractivity contribution in [2.24, 2.45) is 0 Å². The number of pyridine rings is 1. The van der Waals surface area contributed by atoms with Crippen molar-refractivity contribution in [3.8, 4) is 0 Å². The predicted octanol–water partition coefficient (Wildman–Crippen LogP) is 4.68. The Morgan fingerprint density at radius 2 is 1.94 bits per heavy atom. The van der Waals surface area contributed by atoms with Crippen LogP contribution in [0.25, 0.3) is 0 Å². The van der Waals surface area contributed by atoms with Crippen LogP contribution in [0.15, 0.2) is 18.5 Å². The van der Waals surface area contributed by atoms with Crippen molar-refractivity contribution in [3.63, 3.8) is 0 Å². The van der Waals surface area contributed by atoms with Gasteiger partial charge in [-0.1, -0.05) is 39.5 Å². The Morgan fingerprint density at radius 1 is 1.12 bits per heavy atom. The summed E-state index contributed by atoms with van der Waals surface area (Å²) in [6, 6.07) is 1.64. The largest absolute Gasteiger partial charge is 0.261 e. The molecular formula is C14H22FN. The molecule has 1 atom stereocenters. The molecule has 90 valence electrons. The third-order valence-corrected chi connectivity index (χ3v) is 2.99. The molecule has 1 rings (SSSR count). The smallest absolute Gasteiger partial charge is 0.141 e. The molecule has 0 amide bonds. The lowest BCUT2D eigenvalue weighted by Gasteiger charge is -2.15. The van der Waals surface area contributed by atoms with E-state index >= 15 is 0 Å². The van der Waals surface area contributed by atoms with Crippen LogP contribution in [0.5, 0.6) is 0 Å². The van der Waals surface area contributed by atoms with Gasteiger partial charge >= 0.3 is 0 Å². The number of hydrogen-bond acceptors (Lipinski definition) is 1. The van der Waals surface area contributed by atoms with Crippen molar-refractivity contribution in [2.75, 3.05) is 0 Å². The average molecular weight is 223 g/mol. The molecule has 0 radical (unpaired) electrons. The second kappa shape index (κ2) is 7.37. The minimum Gasteiger partial charge on any atom is -0.261 e. The maximum atomic E-state index is 13.1. The van der Waals surface area contributed by atoms with Gasteiger partial charge in [0.1, 0.15) is 5.82 Å². The molecule has 0 saturated carbocycles. The number of unbranched alkanes of at least 4 members (excludes halogenated alkanes) is 2. The molecule has 0 aliphatic carbocycles. The summed E-state index contributed by atoms with van der Waals surface area (Å²) in [6.45, 7) is 4.39. The number of halogens is 1. The SMILES string of the molecule is CCCCCC(CCC)c1cncc(F)c1. The third-order valence-electron chi connectivity index (χ3n) is 2.99. The van der Waals surface area contributed by atoms with E-state index in [1.54, 1.807) is 6.07 Å². The van der Waals surface area contributed by atoms with E-state index in [0.717, 1.165) is 24.8 Å². The minimum atomic E-state index is -0.214. The molecule has 0 spiro atoms. The molecule has 1 aromatic rings. The topological polar surface area (TPSA) is 12.9 Å². The lowest BCUT2D eigenvalue weighted by molar-refractivity contribution is 0.522. The first-order valence-corrected chi connectivity index (χ1v) is 6.38. The van der Waals surface area contributed by atoms with Crippen LogP contribution in [0.3, 0.4) is 0 Å². The van der Waals surface area contributed by atoms with Crippen molar-refractivity contribution < 1.29 is 4.39 Å². The van der Waals surface area contributed by atoms with Crippen LogP contribution in [0.2, 0.25) is 0 Å². The van der Waals surface area contributed by atoms with Gasteiger partial charge in [-0.2, -0.15) is 0 Å². The first-order valence-electron chi connectivity index (χ1n) is 6.38. The van der Waals surface area contributed by atoms with Crippen molar-refractivity contribution >= 4 is 0 Å². The van der Waals surface area contributed by atoms with Gasteiger partial charge in [-0.15, -0.1) is 0 Å². The van der Waals surface area contributed by atoms with E-state index in [1.807, 2.05) is 6.20 Å². The van der Waals surface area contributed by atoms with E-state index in [9.17, 15) is 4.39 Å². The zero-order chi connectivity index (χ0) is 11.8. The predicted molar refractivity (Wildman–Crippen MR) is 66.0 cm³/mol. The summed E-state index contributed by atoms with van der Waals surface area (Å²) in [7, 11) is 0. The lowest BCUT2D eigenvalue weighted by Crippen LogP contribution is -2.00. The fourth-order valence-electron chi connectivity index (χ4n) is 2.12. The monoisotopic (exact) mass is 223 g/mol. The molecule has 0 aliphatic rings. The van der Waals surface area contributed by atoms with Crippen molar-refractivity contribution in [3.05, 3.63) is 29.8 Å². The summed E-state index contributed by atoms with van der Waals surface area (Å²) >= 11 is 0. The molecule has 0 aromatic carbocycles. The van der Waals surface area contributed by atoms with E-state index in [2.05, 4.69) is 18.8 Å². The van der Waals surface area contributed by atoms with Crippen LogP contribution in [-0.4, -0.2) is 4.98 Å². The number of aromatic nitrogens is 1. The van der Waals surface area contributed by atoms with Gasteiger partial charge in [0.2, 0.25) is 0 Å². The van der Waals surface area contributed by atoms with Gasteiger partial charge in [0.15, 0.2) is 0 Å². The van der Waals surface area contributed by atoms with Crippen LogP contribution in [0.1, 0.15) is 63.9 Å². The zero-order valence-electron chi connectivity index (χ0n) is 10.4. The van der Waals surface area contributed by atoms with Crippen LogP contribution < -0.4 is 0 Å². The Labute approximate surface area is 98.1 Å². The Balaban J connectivity index is 2.61. The molecule has 16 heavy (non-hydrogen) atoms. The average Bonchev–Trinajstić information content (AvgIpc) is 2.28. The summed E-state index contributed by atoms with van der Waals surface area (Å²) in [4.78, 5) is 3.94. The summed E-state index contributed by atoms with van der Waals surface area (Å²) < 4.78 is 13.1. The summed E-state index contributed by atoms with van der Waals surface area (Å²) in [6.07, 6.45) is 10.3. The van der Waals surface area contributed by atoms with E-state index in [-0.39, 0.29) is 5.82 Å². The zero-order valence-corrected chi connectivity index (χ0v) is 10.4. The molecule has 0 fully saturated rings. The second-order valence-electron chi connectivity index (χ2n) is 4.42. The normalized spacial score (nSPS) is 12.7. The van der Waals surface area contributed by atoms with Crippen LogP contribution in [0, 0.1) is 5.82 Å². The third kappa shape index (κ3) is 4.30. The Morgan fingerprint density at radius 3 is 2.56 bits per heavy atom. The standard InChI is InChI=1S/C14H22FN/c1-3-5-6-8-12(7-4-2)13-9-14(15)11-16-10-13/h9-12H,3-8H2,1-2H3. The Kier molecular flexibility index (Phi) is 6.05. The van der Waals surface area contributed by atoms with E-state index in [0.29, 0.717) is 5.92 Å². The van der Waals surface area contributed by atoms with Gasteiger partial charge in [0.05, 0.1) is 6.20 Å². The molecular weight excluding hydrogens is 201 g/mol. The maximum Gasteiger partial charge on any atom is 0.141 e. The van der Waals surface area contributed by atoms with Gasteiger partial charge in [-0.05, 0) is 30.4 Å². The molecule has 1 nitrogen and oxygen atoms in total. The highest BCUT2D eigenvalue weighted by Gasteiger charge is 2.11. The van der Waals surface area contributed by atoms with Gasteiger partial charge in [0.25, 0.3) is 0 Å². The molecule has 1 unspecified atom stereocenters. The van der Waals surface area contributed by atoms with Crippen LogP contribution in [0.4, 0.5) is 4.39 Å². The molecule has 2 heteroatoms. The maximum absolute atomic E-state index is 13.1. The Hall–Kier alpha value is -0.920. The van der Waals surface area contributed by atoms with E-state index in [4.69, 9.17) is 0 Å². The summed E-state index contributed by atoms with van der Waals surface area (Å²) in [5.41, 5.74) is 1.07. The Bertz CT molecular complexity index is 299. The fraction of sp³-hybridized carbons (Fsp3) is 0.643. The first kappa shape index (κ1) is 13.1. The number of hydrogen-bond donors (Lipinski definition) is 0. The highest BCUT2D eigenvalue weighted by atomic mass is 19.1. The molecule has 0 N–H and O–H groups in total. The molecule has 0 aliphatic heterocycles. The van der Waals surface area contributed by atoms with Gasteiger partial charge < -0.3 is 0 Å². The summed E-state index contributed by atoms with van der Waals surface area (Å²) in [5, 5.41) is 0. The van der Waals surface area contributed by atoms with Crippen molar-refractivity contribution in [2.45, 2.75) is 58.3 Å². The quantitative estimate of drug-likeness (QED) is 0.611. The van der Waals surface area contributed by atoms with Gasteiger partial charge in [-0.25, -0.2) is 4.39 Å². The number of nitrogens with zero attached hydrogens (tertiary/aromatic N) is 1. The molecule has 1 heterocycles. The van der Waals surface area contributed by atoms with Crippen LogP contribution >= 0.6 is 0 Å². The van der Waals surface area contributed by atoms with E-state index < -0.39 is 0 Å². The molecule has 0 bridgehead atoms. The lowest BCUT2D eigenvalue weighted by atomic mass is 9.90. The first-order chi connectivity index (χ1) is 7.77. The van der Waals surface area contributed by atoms with Gasteiger partial charge in [-0.3, -0.25) is 4.98 Å². The van der Waals surface area contributed by atoms with Crippen molar-refractivity contribution in [1.29, 1.82) is 0 Å². The van der Waals surface area contributed by atoms with E-state index in [1.165, 1.54) is 25.5 Å². The highest BCUT2D eigenvalue weighted by Crippen LogP contribution is 2.27. The van der Waals surface area contributed by atoms with Crippen molar-refractivity contribution in [1.82, 2.24) is 4.98 Å². The minimum absolute atomic E-state index is 0.214. The fourth-order valence-corrected chi connectivity index (χ4v) is 2.12. The molecule has 0 saturated heterocycles. The second-order valence-corrected chi connectivity index (χ2v) is 4.42. The highest BCUT2D eigenvalue weighted by molar-refractivity contribution is 5.15. The summed E-state index contributed by atoms with van der Waals surface area (Å²) in [5.74, 6) is 0.272. The van der Waals surface area contributed by atoms with Gasteiger partial charge in [0, 0.05) is 6.20 Å².